The van der Waals surface area contributed by atoms with Gasteiger partial charge in [-0.15, -0.1) is 0 Å². The van der Waals surface area contributed by atoms with Gasteiger partial charge in [-0.2, -0.15) is 0 Å². The maximum absolute atomic E-state index is 5.77. The van der Waals surface area contributed by atoms with E-state index in [4.69, 9.17) is 14.9 Å². The van der Waals surface area contributed by atoms with Crippen molar-refractivity contribution >= 4 is 0 Å². The van der Waals surface area contributed by atoms with Crippen molar-refractivity contribution in [2.45, 2.75) is 51.9 Å². The lowest BCUT2D eigenvalue weighted by molar-refractivity contribution is 0.0354. The second-order valence-electron chi connectivity index (χ2n) is 4.22. The number of rotatable bonds is 4. The van der Waals surface area contributed by atoms with E-state index in [1.165, 1.54) is 25.7 Å². The van der Waals surface area contributed by atoms with Gasteiger partial charge >= 0.3 is 0 Å². The number of nitrogens with two attached hydrogens (primary N) is 1. The molecule has 1 aliphatic carbocycles. The summed E-state index contributed by atoms with van der Waals surface area (Å²) in [7, 11) is 0. The van der Waals surface area contributed by atoms with Gasteiger partial charge < -0.3 is 14.9 Å². The van der Waals surface area contributed by atoms with E-state index < -0.39 is 0 Å². The van der Waals surface area contributed by atoms with Crippen LogP contribution in [0.4, 0.5) is 0 Å². The summed E-state index contributed by atoms with van der Waals surface area (Å²) < 4.78 is 11.3. The molecule has 2 N–H and O–H groups in total. The van der Waals surface area contributed by atoms with E-state index in [2.05, 4.69) is 0 Å². The molecular formula is C12H19NO2. The lowest BCUT2D eigenvalue weighted by Gasteiger charge is -2.08. The Hall–Kier alpha value is -0.800. The monoisotopic (exact) mass is 209 g/mol. The van der Waals surface area contributed by atoms with E-state index in [1.54, 1.807) is 0 Å². The highest BCUT2D eigenvalue weighted by atomic mass is 16.5. The summed E-state index contributed by atoms with van der Waals surface area (Å²) in [5.74, 6) is 1.82. The zero-order valence-corrected chi connectivity index (χ0v) is 9.29. The van der Waals surface area contributed by atoms with Gasteiger partial charge in [-0.05, 0) is 25.8 Å². The van der Waals surface area contributed by atoms with E-state index in [-0.39, 0.29) is 0 Å². The molecule has 2 rings (SSSR count). The SMILES string of the molecule is Cc1oc(COC2CCCC2)cc1CN. The number of hydrogen-bond acceptors (Lipinski definition) is 3. The molecule has 84 valence electrons. The molecule has 0 atom stereocenters. The molecule has 0 bridgehead atoms. The van der Waals surface area contributed by atoms with E-state index in [0.717, 1.165) is 17.1 Å². The normalized spacial score (nSPS) is 17.5. The van der Waals surface area contributed by atoms with Crippen LogP contribution in [0.25, 0.3) is 0 Å². The lowest BCUT2D eigenvalue weighted by Crippen LogP contribution is -2.06. The first-order chi connectivity index (χ1) is 7.29. The summed E-state index contributed by atoms with van der Waals surface area (Å²) in [6, 6.07) is 2.00. The standard InChI is InChI=1S/C12H19NO2/c1-9-10(7-13)6-12(15-9)8-14-11-4-2-3-5-11/h6,11H,2-5,7-8,13H2,1H3. The number of ether oxygens (including phenoxy) is 1. The molecule has 1 aromatic rings. The van der Waals surface area contributed by atoms with E-state index in [9.17, 15) is 0 Å². The summed E-state index contributed by atoms with van der Waals surface area (Å²) in [6.45, 7) is 3.07. The average molecular weight is 209 g/mol. The molecule has 1 fully saturated rings. The minimum Gasteiger partial charge on any atom is -0.464 e. The van der Waals surface area contributed by atoms with Crippen molar-refractivity contribution < 1.29 is 9.15 Å². The van der Waals surface area contributed by atoms with Crippen molar-refractivity contribution in [1.29, 1.82) is 0 Å². The first-order valence-corrected chi connectivity index (χ1v) is 5.69. The molecule has 3 heteroatoms. The Morgan fingerprint density at radius 1 is 1.47 bits per heavy atom. The number of aryl methyl sites for hydroxylation is 1. The van der Waals surface area contributed by atoms with E-state index >= 15 is 0 Å². The molecular weight excluding hydrogens is 190 g/mol. The summed E-state index contributed by atoms with van der Waals surface area (Å²) in [6.07, 6.45) is 5.44. The molecule has 0 aromatic carbocycles. The maximum atomic E-state index is 5.77. The van der Waals surface area contributed by atoms with Crippen LogP contribution >= 0.6 is 0 Å². The first kappa shape index (κ1) is 10.7. The average Bonchev–Trinajstić information content (AvgIpc) is 2.83. The molecule has 15 heavy (non-hydrogen) atoms. The molecule has 1 aromatic heterocycles. The highest BCUT2D eigenvalue weighted by Crippen LogP contribution is 2.23. The maximum Gasteiger partial charge on any atom is 0.130 e. The van der Waals surface area contributed by atoms with Crippen molar-refractivity contribution in [1.82, 2.24) is 0 Å². The first-order valence-electron chi connectivity index (χ1n) is 5.69. The van der Waals surface area contributed by atoms with Crippen molar-refractivity contribution in [2.75, 3.05) is 0 Å². The van der Waals surface area contributed by atoms with Crippen LogP contribution in [0.1, 0.15) is 42.8 Å². The number of hydrogen-bond donors (Lipinski definition) is 1. The minimum atomic E-state index is 0.441. The van der Waals surface area contributed by atoms with Gasteiger partial charge in [-0.3, -0.25) is 0 Å². The third-order valence-corrected chi connectivity index (χ3v) is 3.06. The summed E-state index contributed by atoms with van der Waals surface area (Å²) >= 11 is 0. The van der Waals surface area contributed by atoms with Crippen LogP contribution in [0.2, 0.25) is 0 Å². The Morgan fingerprint density at radius 3 is 2.80 bits per heavy atom. The van der Waals surface area contributed by atoms with Crippen LogP contribution < -0.4 is 5.73 Å². The molecule has 1 saturated carbocycles. The smallest absolute Gasteiger partial charge is 0.130 e. The van der Waals surface area contributed by atoms with Gasteiger partial charge in [-0.1, -0.05) is 12.8 Å². The molecule has 3 nitrogen and oxygen atoms in total. The van der Waals surface area contributed by atoms with Gasteiger partial charge in [0.25, 0.3) is 0 Å². The van der Waals surface area contributed by atoms with Crippen LogP contribution in [0.15, 0.2) is 10.5 Å². The summed E-state index contributed by atoms with van der Waals surface area (Å²) in [5, 5.41) is 0. The Labute approximate surface area is 90.6 Å². The predicted octanol–water partition coefficient (Wildman–Crippen LogP) is 2.51. The van der Waals surface area contributed by atoms with Crippen molar-refractivity contribution in [3.63, 3.8) is 0 Å². The van der Waals surface area contributed by atoms with Gasteiger partial charge in [0.05, 0.1) is 6.10 Å². The second kappa shape index (κ2) is 4.81. The molecule has 0 saturated heterocycles. The highest BCUT2D eigenvalue weighted by molar-refractivity contribution is 5.19. The molecule has 0 spiro atoms. The van der Waals surface area contributed by atoms with Gasteiger partial charge in [-0.25, -0.2) is 0 Å². The van der Waals surface area contributed by atoms with Crippen LogP contribution in [-0.4, -0.2) is 6.10 Å². The van der Waals surface area contributed by atoms with Crippen LogP contribution in [-0.2, 0) is 17.9 Å². The Bertz CT molecular complexity index is 313. The molecule has 0 unspecified atom stereocenters. The fraction of sp³-hybridized carbons (Fsp3) is 0.667. The molecule has 0 amide bonds. The van der Waals surface area contributed by atoms with Gasteiger partial charge in [0.1, 0.15) is 18.1 Å². The Morgan fingerprint density at radius 2 is 2.20 bits per heavy atom. The third kappa shape index (κ3) is 2.61. The van der Waals surface area contributed by atoms with Crippen LogP contribution in [0.3, 0.4) is 0 Å². The minimum absolute atomic E-state index is 0.441. The molecule has 0 radical (unpaired) electrons. The van der Waals surface area contributed by atoms with E-state index in [0.29, 0.717) is 19.3 Å². The Balaban J connectivity index is 1.87. The van der Waals surface area contributed by atoms with Gasteiger partial charge in [0.2, 0.25) is 0 Å². The zero-order chi connectivity index (χ0) is 10.7. The van der Waals surface area contributed by atoms with Crippen molar-refractivity contribution in [3.8, 4) is 0 Å². The summed E-state index contributed by atoms with van der Waals surface area (Å²) in [4.78, 5) is 0. The Kier molecular flexibility index (Phi) is 3.44. The van der Waals surface area contributed by atoms with Crippen molar-refractivity contribution in [3.05, 3.63) is 23.2 Å². The largest absolute Gasteiger partial charge is 0.464 e. The highest BCUT2D eigenvalue weighted by Gasteiger charge is 2.16. The van der Waals surface area contributed by atoms with Crippen molar-refractivity contribution in [2.24, 2.45) is 5.73 Å². The van der Waals surface area contributed by atoms with E-state index in [1.807, 2.05) is 13.0 Å². The molecule has 1 heterocycles. The summed E-state index contributed by atoms with van der Waals surface area (Å²) in [5.41, 5.74) is 6.66. The molecule has 0 aliphatic heterocycles. The fourth-order valence-corrected chi connectivity index (χ4v) is 2.12. The topological polar surface area (TPSA) is 48.4 Å². The third-order valence-electron chi connectivity index (χ3n) is 3.06. The van der Waals surface area contributed by atoms with Crippen LogP contribution in [0.5, 0.6) is 0 Å². The lowest BCUT2D eigenvalue weighted by atomic mass is 10.2. The van der Waals surface area contributed by atoms with Gasteiger partial charge in [0.15, 0.2) is 0 Å². The number of furan rings is 1. The zero-order valence-electron chi connectivity index (χ0n) is 9.29. The van der Waals surface area contributed by atoms with Gasteiger partial charge in [0, 0.05) is 12.1 Å². The van der Waals surface area contributed by atoms with Crippen LogP contribution in [0, 0.1) is 6.92 Å². The predicted molar refractivity (Wildman–Crippen MR) is 58.4 cm³/mol. The fourth-order valence-electron chi connectivity index (χ4n) is 2.12. The molecule has 1 aliphatic rings. The second-order valence-corrected chi connectivity index (χ2v) is 4.22. The quantitative estimate of drug-likeness (QED) is 0.828.